The topological polar surface area (TPSA) is 72.6 Å². The number of hydrogen-bond acceptors (Lipinski definition) is 5. The lowest BCUT2D eigenvalue weighted by Crippen LogP contribution is -2.20. The van der Waals surface area contributed by atoms with Crippen molar-refractivity contribution >= 4 is 9.84 Å². The van der Waals surface area contributed by atoms with Crippen molar-refractivity contribution in [3.8, 4) is 5.75 Å². The Hall–Kier alpha value is -1.18. The lowest BCUT2D eigenvalue weighted by molar-refractivity contribution is 0.310. The van der Waals surface area contributed by atoms with Gasteiger partial charge in [0, 0.05) is 18.8 Å². The van der Waals surface area contributed by atoms with Crippen LogP contribution >= 0.6 is 0 Å². The number of nitrogens with zero attached hydrogens (tertiary/aromatic N) is 1. The minimum absolute atomic E-state index is 0.0237. The number of sulfone groups is 1. The maximum atomic E-state index is 14.3. The van der Waals surface area contributed by atoms with Gasteiger partial charge in [-0.25, -0.2) is 12.8 Å². The molecular formula is C14H21FN2O3S. The van der Waals surface area contributed by atoms with Crippen molar-refractivity contribution in [2.24, 2.45) is 11.7 Å². The second-order valence-corrected chi connectivity index (χ2v) is 7.55. The number of halogens is 1. The summed E-state index contributed by atoms with van der Waals surface area (Å²) in [5, 5.41) is 0. The largest absolute Gasteiger partial charge is 0.495 e. The normalized spacial score (nSPS) is 23.5. The molecule has 7 heteroatoms. The average Bonchev–Trinajstić information content (AvgIpc) is 2.77. The second kappa shape index (κ2) is 5.90. The summed E-state index contributed by atoms with van der Waals surface area (Å²) in [6.07, 6.45) is 1.80. The van der Waals surface area contributed by atoms with Crippen LogP contribution in [0.1, 0.15) is 18.0 Å². The van der Waals surface area contributed by atoms with E-state index in [1.54, 1.807) is 6.07 Å². The smallest absolute Gasteiger partial charge is 0.182 e. The van der Waals surface area contributed by atoms with Gasteiger partial charge in [-0.15, -0.1) is 0 Å². The van der Waals surface area contributed by atoms with E-state index in [0.29, 0.717) is 12.5 Å². The highest BCUT2D eigenvalue weighted by atomic mass is 32.2. The number of benzene rings is 1. The van der Waals surface area contributed by atoms with E-state index in [4.69, 9.17) is 10.5 Å². The fourth-order valence-electron chi connectivity index (χ4n) is 2.96. The summed E-state index contributed by atoms with van der Waals surface area (Å²) >= 11 is 0. The highest BCUT2D eigenvalue weighted by Crippen LogP contribution is 2.38. The fraction of sp³-hybridized carbons (Fsp3) is 0.571. The van der Waals surface area contributed by atoms with Crippen LogP contribution in [0.3, 0.4) is 0 Å². The van der Waals surface area contributed by atoms with E-state index in [9.17, 15) is 12.8 Å². The van der Waals surface area contributed by atoms with Gasteiger partial charge in [-0.05, 0) is 43.6 Å². The summed E-state index contributed by atoms with van der Waals surface area (Å²) < 4.78 is 42.7. The molecule has 1 aliphatic rings. The van der Waals surface area contributed by atoms with Crippen LogP contribution in [-0.2, 0) is 9.84 Å². The summed E-state index contributed by atoms with van der Waals surface area (Å²) in [6.45, 7) is 1.43. The highest BCUT2D eigenvalue weighted by Gasteiger charge is 2.32. The third-order valence-electron chi connectivity index (χ3n) is 3.98. The molecule has 0 amide bonds. The van der Waals surface area contributed by atoms with Gasteiger partial charge in [-0.2, -0.15) is 0 Å². The molecular weight excluding hydrogens is 295 g/mol. The SMILES string of the molecule is COc1cc(C2CC(CN)CN2C)cc(F)c1S(C)(=O)=O. The van der Waals surface area contributed by atoms with Gasteiger partial charge in [-0.3, -0.25) is 4.90 Å². The van der Waals surface area contributed by atoms with Crippen LogP contribution in [0.5, 0.6) is 5.75 Å². The van der Waals surface area contributed by atoms with Crippen molar-refractivity contribution in [1.82, 2.24) is 4.90 Å². The third kappa shape index (κ3) is 3.20. The Labute approximate surface area is 124 Å². The molecule has 0 bridgehead atoms. The molecule has 1 aromatic carbocycles. The number of rotatable bonds is 4. The Balaban J connectivity index is 2.46. The van der Waals surface area contributed by atoms with Crippen molar-refractivity contribution in [2.75, 3.05) is 33.5 Å². The van der Waals surface area contributed by atoms with Crippen LogP contribution in [0.4, 0.5) is 4.39 Å². The lowest BCUT2D eigenvalue weighted by atomic mass is 9.99. The zero-order valence-electron chi connectivity index (χ0n) is 12.5. The summed E-state index contributed by atoms with van der Waals surface area (Å²) in [4.78, 5) is 1.72. The van der Waals surface area contributed by atoms with Crippen molar-refractivity contribution < 1.29 is 17.5 Å². The van der Waals surface area contributed by atoms with Crippen LogP contribution in [-0.4, -0.2) is 46.8 Å². The van der Waals surface area contributed by atoms with Gasteiger partial charge in [0.1, 0.15) is 16.5 Å². The van der Waals surface area contributed by atoms with Crippen LogP contribution < -0.4 is 10.5 Å². The van der Waals surface area contributed by atoms with E-state index in [0.717, 1.165) is 24.8 Å². The monoisotopic (exact) mass is 316 g/mol. The van der Waals surface area contributed by atoms with Crippen molar-refractivity contribution in [3.63, 3.8) is 0 Å². The van der Waals surface area contributed by atoms with E-state index in [1.807, 2.05) is 7.05 Å². The van der Waals surface area contributed by atoms with Gasteiger partial charge in [-0.1, -0.05) is 0 Å². The predicted molar refractivity (Wildman–Crippen MR) is 78.6 cm³/mol. The van der Waals surface area contributed by atoms with Gasteiger partial charge in [0.15, 0.2) is 9.84 Å². The molecule has 1 aliphatic heterocycles. The Kier molecular flexibility index (Phi) is 4.55. The fourth-order valence-corrected chi connectivity index (χ4v) is 3.88. The predicted octanol–water partition coefficient (Wildman–Crippen LogP) is 1.19. The zero-order chi connectivity index (χ0) is 15.8. The number of hydrogen-bond donors (Lipinski definition) is 1. The molecule has 0 spiro atoms. The Bertz CT molecular complexity index is 633. The molecule has 21 heavy (non-hydrogen) atoms. The number of ether oxygens (including phenoxy) is 1. The summed E-state index contributed by atoms with van der Waals surface area (Å²) in [5.74, 6) is -0.350. The molecule has 1 saturated heterocycles. The van der Waals surface area contributed by atoms with E-state index >= 15 is 0 Å². The van der Waals surface area contributed by atoms with Crippen LogP contribution in [0, 0.1) is 11.7 Å². The quantitative estimate of drug-likeness (QED) is 0.903. The van der Waals surface area contributed by atoms with Gasteiger partial charge in [0.25, 0.3) is 0 Å². The van der Waals surface area contributed by atoms with E-state index in [-0.39, 0.29) is 16.7 Å². The second-order valence-electron chi connectivity index (χ2n) is 5.60. The molecule has 2 atom stereocenters. The Morgan fingerprint density at radius 2 is 2.14 bits per heavy atom. The lowest BCUT2D eigenvalue weighted by Gasteiger charge is -2.21. The van der Waals surface area contributed by atoms with E-state index < -0.39 is 15.7 Å². The molecule has 5 nitrogen and oxygen atoms in total. The first kappa shape index (κ1) is 16.2. The first-order valence-electron chi connectivity index (χ1n) is 6.75. The van der Waals surface area contributed by atoms with Gasteiger partial charge in [0.2, 0.25) is 0 Å². The molecule has 1 aromatic rings. The molecule has 1 fully saturated rings. The molecule has 0 aromatic heterocycles. The summed E-state index contributed by atoms with van der Waals surface area (Å²) in [5.41, 5.74) is 6.42. The molecule has 2 rings (SSSR count). The van der Waals surface area contributed by atoms with Gasteiger partial charge >= 0.3 is 0 Å². The van der Waals surface area contributed by atoms with Gasteiger partial charge in [0.05, 0.1) is 7.11 Å². The minimum Gasteiger partial charge on any atom is -0.495 e. The standard InChI is InChI=1S/C14H21FN2O3S/c1-17-8-9(7-16)4-12(17)10-5-11(15)14(21(3,18)19)13(6-10)20-2/h5-6,9,12H,4,7-8,16H2,1-3H3. The minimum atomic E-state index is -3.68. The third-order valence-corrected chi connectivity index (χ3v) is 5.11. The van der Waals surface area contributed by atoms with Crippen molar-refractivity contribution in [1.29, 1.82) is 0 Å². The Morgan fingerprint density at radius 1 is 1.48 bits per heavy atom. The van der Waals surface area contributed by atoms with E-state index in [1.165, 1.54) is 13.2 Å². The van der Waals surface area contributed by atoms with Crippen LogP contribution in [0.25, 0.3) is 0 Å². The number of nitrogens with two attached hydrogens (primary N) is 1. The first-order chi connectivity index (χ1) is 9.77. The Morgan fingerprint density at radius 3 is 2.62 bits per heavy atom. The molecule has 0 radical (unpaired) electrons. The number of likely N-dealkylation sites (tertiary alicyclic amines) is 1. The molecule has 118 valence electrons. The van der Waals surface area contributed by atoms with E-state index in [2.05, 4.69) is 4.90 Å². The van der Waals surface area contributed by atoms with Crippen LogP contribution in [0.2, 0.25) is 0 Å². The molecule has 1 heterocycles. The average molecular weight is 316 g/mol. The maximum absolute atomic E-state index is 14.3. The van der Waals surface area contributed by atoms with Crippen molar-refractivity contribution in [3.05, 3.63) is 23.5 Å². The van der Waals surface area contributed by atoms with Crippen molar-refractivity contribution in [2.45, 2.75) is 17.4 Å². The molecule has 2 N–H and O–H groups in total. The highest BCUT2D eigenvalue weighted by molar-refractivity contribution is 7.90. The zero-order valence-corrected chi connectivity index (χ0v) is 13.3. The molecule has 0 saturated carbocycles. The van der Waals surface area contributed by atoms with Crippen LogP contribution in [0.15, 0.2) is 17.0 Å². The molecule has 2 unspecified atom stereocenters. The van der Waals surface area contributed by atoms with Gasteiger partial charge < -0.3 is 10.5 Å². The summed E-state index contributed by atoms with van der Waals surface area (Å²) in [7, 11) is -0.384. The first-order valence-corrected chi connectivity index (χ1v) is 8.64. The maximum Gasteiger partial charge on any atom is 0.182 e. The summed E-state index contributed by atoms with van der Waals surface area (Å²) in [6, 6.07) is 2.92. The molecule has 0 aliphatic carbocycles. The number of methoxy groups -OCH3 is 1.